The quantitative estimate of drug-likeness (QED) is 0.0509. The van der Waals surface area contributed by atoms with Crippen molar-refractivity contribution in [3.05, 3.63) is 70.8 Å². The van der Waals surface area contributed by atoms with E-state index in [-0.39, 0.29) is 123 Å². The van der Waals surface area contributed by atoms with Gasteiger partial charge in [-0.2, -0.15) is 35.1 Å². The number of rotatable bonds is 14. The van der Waals surface area contributed by atoms with Crippen LogP contribution in [0.25, 0.3) is 0 Å². The third-order valence-electron chi connectivity index (χ3n) is 14.0. The Morgan fingerprint density at radius 3 is 1.19 bits per heavy atom. The average molecular weight is 1200 g/mol. The molecule has 21 heteroatoms. The number of carbonyl (C=O) groups excluding carboxylic acids is 1. The van der Waals surface area contributed by atoms with Gasteiger partial charge in [-0.05, 0) is 192 Å². The fourth-order valence-corrected chi connectivity index (χ4v) is 11.9. The summed E-state index contributed by atoms with van der Waals surface area (Å²) in [5.74, 6) is -1.44. The minimum atomic E-state index is -4.50. The van der Waals surface area contributed by atoms with Crippen LogP contribution < -0.4 is 113 Å². The van der Waals surface area contributed by atoms with E-state index in [9.17, 15) is 57.8 Å². The number of phenols is 1. The maximum absolute atomic E-state index is 14.3. The summed E-state index contributed by atoms with van der Waals surface area (Å²) in [5, 5.41) is 17.7. The van der Waals surface area contributed by atoms with E-state index < -0.39 is 69.1 Å². The van der Waals surface area contributed by atoms with Gasteiger partial charge in [-0.3, -0.25) is 4.79 Å². The fourth-order valence-electron chi connectivity index (χ4n) is 10.8. The summed E-state index contributed by atoms with van der Waals surface area (Å²) in [6.07, 6.45) is 14.3. The van der Waals surface area contributed by atoms with Gasteiger partial charge in [0.2, 0.25) is 0 Å². The standard InChI is InChI=1S/C24H30F6O.C21H30F2O.C3H2Br2F4.CH2O3.2K.H/c1-2-3-15-4-6-16(7-5-15)17-8-10-18(11-9-17)19-12-20(25)23(21(26)13-19)31-24(29,30)14-22(27)28;1-2-3-14-4-6-15(7-5-14)16-8-10-17(11-9-16)18-12-19(22)21(24)20(23)13-18;4-2(6,7)1-3(5,8)9;2-1-4-3;;;/h12-18H,2-11H2,1H3;12-17,24H,2-11H2,1H3;1H2;1,3H;;;/q;;;;2*+1;-1/p-1. The number of halogens is 14. The van der Waals surface area contributed by atoms with Gasteiger partial charge in [0, 0.05) is 0 Å². The Hall–Kier alpha value is 0.603. The molecule has 1 N–H and O–H groups in total. The predicted molar refractivity (Wildman–Crippen MR) is 241 cm³/mol. The second-order valence-electron chi connectivity index (χ2n) is 18.7. The molecule has 2 aromatic carbocycles. The first-order valence-corrected chi connectivity index (χ1v) is 25.1. The SMILES string of the molecule is CCCC1CCC(C2CCC(c3cc(F)c(O)c(F)c3)CC2)CC1.CCCC1CCC(C2CCC(c3cc(F)c(OC(F)(F)C=C(F)F)c(F)c3)CC2)CC1.FC(F)(Br)CC(F)(F)Br.O=CO[O-].[H-].[K+].[K+]. The minimum absolute atomic E-state index is 0. The molecule has 0 saturated heterocycles. The summed E-state index contributed by atoms with van der Waals surface area (Å²) in [6.45, 7) is 4.33. The second-order valence-corrected chi connectivity index (χ2v) is 21.0. The molecule has 390 valence electrons. The number of benzene rings is 2. The van der Waals surface area contributed by atoms with E-state index >= 15 is 0 Å². The van der Waals surface area contributed by atoms with Crippen LogP contribution in [-0.4, -0.2) is 27.4 Å². The first-order chi connectivity index (χ1) is 31.9. The van der Waals surface area contributed by atoms with E-state index in [0.717, 1.165) is 80.2 Å². The van der Waals surface area contributed by atoms with Crippen molar-refractivity contribution in [1.82, 2.24) is 0 Å². The molecule has 2 aromatic rings. The van der Waals surface area contributed by atoms with Crippen LogP contribution in [0.15, 0.2) is 36.4 Å². The molecular weight excluding hydrogens is 1130 g/mol. The molecule has 0 aliphatic heterocycles. The van der Waals surface area contributed by atoms with Gasteiger partial charge in [0.15, 0.2) is 34.8 Å². The van der Waals surface area contributed by atoms with Crippen LogP contribution in [0.5, 0.6) is 11.5 Å². The molecule has 4 aliphatic carbocycles. The number of carbonyl (C=O) groups is 1. The van der Waals surface area contributed by atoms with E-state index in [2.05, 4.69) is 23.5 Å². The molecular formula is C49H64Br2F12K2O5. The van der Waals surface area contributed by atoms with E-state index in [0.29, 0.717) is 17.0 Å². The molecule has 0 radical (unpaired) electrons. The van der Waals surface area contributed by atoms with Crippen molar-refractivity contribution in [3.63, 3.8) is 0 Å². The first kappa shape index (κ1) is 68.6. The van der Waals surface area contributed by atoms with Gasteiger partial charge < -0.3 is 21.4 Å². The van der Waals surface area contributed by atoms with Crippen LogP contribution in [0.1, 0.15) is 173 Å². The summed E-state index contributed by atoms with van der Waals surface area (Å²) in [6, 6.07) is 4.62. The first-order valence-electron chi connectivity index (χ1n) is 23.5. The van der Waals surface area contributed by atoms with Gasteiger partial charge in [-0.1, -0.05) is 65.2 Å². The Morgan fingerprint density at radius 1 is 0.629 bits per heavy atom. The Labute approximate surface area is 507 Å². The molecule has 0 unspecified atom stereocenters. The number of hydrogen-bond acceptors (Lipinski definition) is 5. The van der Waals surface area contributed by atoms with Crippen LogP contribution in [0.2, 0.25) is 0 Å². The van der Waals surface area contributed by atoms with Crippen LogP contribution in [-0.2, 0) is 9.68 Å². The van der Waals surface area contributed by atoms with Crippen LogP contribution in [0.4, 0.5) is 52.7 Å². The number of ether oxygens (including phenoxy) is 1. The zero-order valence-electron chi connectivity index (χ0n) is 41.3. The van der Waals surface area contributed by atoms with Crippen molar-refractivity contribution in [2.24, 2.45) is 35.5 Å². The molecule has 0 spiro atoms. The molecule has 6 rings (SSSR count). The second kappa shape index (κ2) is 33.7. The predicted octanol–water partition coefficient (Wildman–Crippen LogP) is 11.1. The summed E-state index contributed by atoms with van der Waals surface area (Å²) in [4.78, 5) is 4.25. The molecule has 4 saturated carbocycles. The molecule has 0 amide bonds. The zero-order valence-corrected chi connectivity index (χ0v) is 49.7. The molecule has 4 aliphatic rings. The van der Waals surface area contributed by atoms with Crippen LogP contribution >= 0.6 is 31.9 Å². The van der Waals surface area contributed by atoms with Gasteiger partial charge in [-0.15, -0.1) is 0 Å². The van der Waals surface area contributed by atoms with Crippen molar-refractivity contribution in [2.75, 3.05) is 0 Å². The van der Waals surface area contributed by atoms with Crippen LogP contribution in [0, 0.1) is 58.8 Å². The van der Waals surface area contributed by atoms with Gasteiger partial charge in [0.25, 0.3) is 12.6 Å². The number of alkyl halides is 8. The van der Waals surface area contributed by atoms with Gasteiger partial charge in [0.05, 0.1) is 12.5 Å². The summed E-state index contributed by atoms with van der Waals surface area (Å²) >= 11 is 3.54. The van der Waals surface area contributed by atoms with Gasteiger partial charge in [-0.25, -0.2) is 17.6 Å². The van der Waals surface area contributed by atoms with Gasteiger partial charge in [0.1, 0.15) is 0 Å². The average Bonchev–Trinajstić information content (AvgIpc) is 3.26. The van der Waals surface area contributed by atoms with Crippen molar-refractivity contribution < 1.29 is 182 Å². The largest absolute Gasteiger partial charge is 1.00 e. The molecule has 0 heterocycles. The third kappa shape index (κ3) is 25.2. The molecule has 0 bridgehead atoms. The van der Waals surface area contributed by atoms with E-state index in [1.54, 1.807) is 31.9 Å². The normalized spacial score (nSPS) is 24.8. The summed E-state index contributed by atoms with van der Waals surface area (Å²) in [5.41, 5.74) is 1.12. The summed E-state index contributed by atoms with van der Waals surface area (Å²) < 4.78 is 157. The van der Waals surface area contributed by atoms with E-state index in [4.69, 9.17) is 10.1 Å². The Bertz CT molecular complexity index is 1790. The fraction of sp³-hybridized carbons (Fsp3) is 0.694. The van der Waals surface area contributed by atoms with E-state index in [1.807, 2.05) is 0 Å². The zero-order chi connectivity index (χ0) is 50.8. The maximum atomic E-state index is 14.3. The number of hydrogen-bond donors (Lipinski definition) is 1. The molecule has 70 heavy (non-hydrogen) atoms. The Kier molecular flexibility index (Phi) is 33.0. The maximum Gasteiger partial charge on any atom is 1.00 e. The van der Waals surface area contributed by atoms with E-state index in [1.165, 1.54) is 102 Å². The molecule has 5 nitrogen and oxygen atoms in total. The molecule has 0 atom stereocenters. The smallest absolute Gasteiger partial charge is 1.00 e. The number of aromatic hydroxyl groups is 1. The third-order valence-corrected chi connectivity index (χ3v) is 14.6. The Balaban J connectivity index is 0.00000109. The van der Waals surface area contributed by atoms with Crippen molar-refractivity contribution in [2.45, 2.75) is 176 Å². The Morgan fingerprint density at radius 2 is 0.929 bits per heavy atom. The number of phenolic OH excluding ortho intramolecular Hbond substituents is 1. The van der Waals surface area contributed by atoms with Crippen molar-refractivity contribution >= 4 is 38.3 Å². The molecule has 4 fully saturated rings. The van der Waals surface area contributed by atoms with Crippen molar-refractivity contribution in [1.29, 1.82) is 0 Å². The van der Waals surface area contributed by atoms with Crippen LogP contribution in [0.3, 0.4) is 0 Å². The minimum Gasteiger partial charge on any atom is -1.00 e. The monoisotopic (exact) mass is 1200 g/mol. The van der Waals surface area contributed by atoms with Crippen molar-refractivity contribution in [3.8, 4) is 11.5 Å². The molecule has 0 aromatic heterocycles. The topological polar surface area (TPSA) is 78.8 Å². The summed E-state index contributed by atoms with van der Waals surface area (Å²) in [7, 11) is 0. The van der Waals surface area contributed by atoms with Gasteiger partial charge >= 0.3 is 119 Å².